The van der Waals surface area contributed by atoms with Crippen LogP contribution in [-0.4, -0.2) is 63.9 Å². The van der Waals surface area contributed by atoms with Crippen molar-refractivity contribution in [2.75, 3.05) is 26.2 Å². The molecule has 124 valence electrons. The maximum Gasteiger partial charge on any atom is 0.234 e. The van der Waals surface area contributed by atoms with Gasteiger partial charge in [-0.25, -0.2) is 9.97 Å². The van der Waals surface area contributed by atoms with Gasteiger partial charge in [-0.1, -0.05) is 0 Å². The Morgan fingerprint density at radius 1 is 1.22 bits per heavy atom. The van der Waals surface area contributed by atoms with Crippen LogP contribution in [0.3, 0.4) is 0 Å². The minimum Gasteiger partial charge on any atom is -0.352 e. The molecule has 0 aromatic carbocycles. The molecule has 0 bridgehead atoms. The first-order valence-electron chi connectivity index (χ1n) is 8.81. The minimum absolute atomic E-state index is 0.160. The van der Waals surface area contributed by atoms with Gasteiger partial charge in [0.15, 0.2) is 0 Å². The summed E-state index contributed by atoms with van der Waals surface area (Å²) in [7, 11) is 0. The number of amides is 1. The van der Waals surface area contributed by atoms with Crippen LogP contribution in [0.15, 0.2) is 12.5 Å². The molecule has 1 saturated heterocycles. The van der Waals surface area contributed by atoms with E-state index in [0.717, 1.165) is 57.2 Å². The summed E-state index contributed by atoms with van der Waals surface area (Å²) in [6, 6.07) is 1.21. The molecule has 1 saturated carbocycles. The lowest BCUT2D eigenvalue weighted by atomic mass is 10.0. The molecule has 6 heteroatoms. The summed E-state index contributed by atoms with van der Waals surface area (Å²) >= 11 is 0. The molecular formula is C17H25N5O. The van der Waals surface area contributed by atoms with Gasteiger partial charge >= 0.3 is 0 Å². The van der Waals surface area contributed by atoms with E-state index in [1.807, 2.05) is 6.20 Å². The van der Waals surface area contributed by atoms with Crippen LogP contribution in [0.5, 0.6) is 0 Å². The van der Waals surface area contributed by atoms with Gasteiger partial charge in [-0.05, 0) is 37.7 Å². The van der Waals surface area contributed by atoms with Crippen LogP contribution < -0.4 is 5.32 Å². The van der Waals surface area contributed by atoms with Gasteiger partial charge in [0.25, 0.3) is 0 Å². The average Bonchev–Trinajstić information content (AvgIpc) is 3.40. The Hall–Kier alpha value is -1.53. The smallest absolute Gasteiger partial charge is 0.234 e. The van der Waals surface area contributed by atoms with Crippen molar-refractivity contribution < 1.29 is 4.79 Å². The molecule has 3 heterocycles. The summed E-state index contributed by atoms with van der Waals surface area (Å²) in [6.07, 6.45) is 9.36. The van der Waals surface area contributed by atoms with E-state index in [4.69, 9.17) is 0 Å². The molecule has 1 amide bonds. The molecule has 1 aromatic heterocycles. The van der Waals surface area contributed by atoms with Gasteiger partial charge in [0, 0.05) is 44.5 Å². The predicted molar refractivity (Wildman–Crippen MR) is 86.8 cm³/mol. The number of rotatable bonds is 4. The quantitative estimate of drug-likeness (QED) is 0.880. The number of hydrogen-bond donors (Lipinski definition) is 1. The maximum atomic E-state index is 12.3. The van der Waals surface area contributed by atoms with E-state index in [9.17, 15) is 4.79 Å². The van der Waals surface area contributed by atoms with Crippen molar-refractivity contribution in [3.8, 4) is 0 Å². The highest BCUT2D eigenvalue weighted by Crippen LogP contribution is 2.29. The molecular weight excluding hydrogens is 290 g/mol. The van der Waals surface area contributed by atoms with Crippen LogP contribution in [0, 0.1) is 0 Å². The van der Waals surface area contributed by atoms with Crippen molar-refractivity contribution in [3.63, 3.8) is 0 Å². The predicted octanol–water partition coefficient (Wildman–Crippen LogP) is 0.578. The number of carbonyl (C=O) groups is 1. The molecule has 0 atom stereocenters. The standard InChI is InChI=1S/C17H25N5O/c23-17(20-14-4-7-22(8-5-14)15-1-2-15)11-21-6-3-13-9-18-12-19-16(13)10-21/h9,12,14-15H,1-8,10-11H2,(H,20,23). The number of fused-ring (bicyclic) bond motifs is 1. The fourth-order valence-electron chi connectivity index (χ4n) is 3.76. The summed E-state index contributed by atoms with van der Waals surface area (Å²) in [5, 5.41) is 3.23. The molecule has 1 N–H and O–H groups in total. The van der Waals surface area contributed by atoms with Crippen LogP contribution in [0.2, 0.25) is 0 Å². The molecule has 6 nitrogen and oxygen atoms in total. The first-order chi connectivity index (χ1) is 11.3. The number of piperidine rings is 1. The lowest BCUT2D eigenvalue weighted by Crippen LogP contribution is -2.48. The summed E-state index contributed by atoms with van der Waals surface area (Å²) < 4.78 is 0. The summed E-state index contributed by atoms with van der Waals surface area (Å²) in [5.41, 5.74) is 2.29. The molecule has 4 rings (SSSR count). The van der Waals surface area contributed by atoms with Crippen LogP contribution in [0.25, 0.3) is 0 Å². The summed E-state index contributed by atoms with van der Waals surface area (Å²) in [4.78, 5) is 25.5. The Bertz CT molecular complexity index is 566. The third-order valence-corrected chi connectivity index (χ3v) is 5.28. The van der Waals surface area contributed by atoms with Crippen LogP contribution in [0.1, 0.15) is 36.9 Å². The van der Waals surface area contributed by atoms with E-state index in [1.54, 1.807) is 6.33 Å². The molecule has 1 aromatic rings. The Labute approximate surface area is 137 Å². The van der Waals surface area contributed by atoms with Crippen molar-refractivity contribution in [2.45, 2.75) is 50.7 Å². The number of hydrogen-bond acceptors (Lipinski definition) is 5. The minimum atomic E-state index is 0.160. The average molecular weight is 315 g/mol. The van der Waals surface area contributed by atoms with Gasteiger partial charge in [0.2, 0.25) is 5.91 Å². The van der Waals surface area contributed by atoms with Gasteiger partial charge in [0.05, 0.1) is 12.2 Å². The van der Waals surface area contributed by atoms with Crippen molar-refractivity contribution in [1.82, 2.24) is 25.1 Å². The van der Waals surface area contributed by atoms with Gasteiger partial charge in [-0.15, -0.1) is 0 Å². The monoisotopic (exact) mass is 315 g/mol. The van der Waals surface area contributed by atoms with Gasteiger partial charge in [0.1, 0.15) is 6.33 Å². The van der Waals surface area contributed by atoms with Gasteiger partial charge < -0.3 is 10.2 Å². The van der Waals surface area contributed by atoms with E-state index < -0.39 is 0 Å². The van der Waals surface area contributed by atoms with Crippen molar-refractivity contribution >= 4 is 5.91 Å². The fraction of sp³-hybridized carbons (Fsp3) is 0.706. The topological polar surface area (TPSA) is 61.4 Å². The van der Waals surface area contributed by atoms with E-state index in [0.29, 0.717) is 12.6 Å². The number of carbonyl (C=O) groups excluding carboxylic acids is 1. The van der Waals surface area contributed by atoms with E-state index in [-0.39, 0.29) is 5.91 Å². The number of likely N-dealkylation sites (tertiary alicyclic amines) is 1. The molecule has 0 unspecified atom stereocenters. The zero-order valence-corrected chi connectivity index (χ0v) is 13.6. The molecule has 0 spiro atoms. The zero-order valence-electron chi connectivity index (χ0n) is 13.6. The summed E-state index contributed by atoms with van der Waals surface area (Å²) in [6.45, 7) is 4.43. The van der Waals surface area contributed by atoms with E-state index in [2.05, 4.69) is 25.1 Å². The number of nitrogens with one attached hydrogen (secondary N) is 1. The Morgan fingerprint density at radius 3 is 2.83 bits per heavy atom. The molecule has 3 aliphatic rings. The van der Waals surface area contributed by atoms with Gasteiger partial charge in [-0.2, -0.15) is 0 Å². The van der Waals surface area contributed by atoms with Gasteiger partial charge in [-0.3, -0.25) is 9.69 Å². The largest absolute Gasteiger partial charge is 0.352 e. The van der Waals surface area contributed by atoms with Crippen molar-refractivity contribution in [2.24, 2.45) is 0 Å². The second kappa shape index (κ2) is 6.53. The van der Waals surface area contributed by atoms with E-state index >= 15 is 0 Å². The highest BCUT2D eigenvalue weighted by atomic mass is 16.2. The van der Waals surface area contributed by atoms with Crippen LogP contribution >= 0.6 is 0 Å². The van der Waals surface area contributed by atoms with E-state index in [1.165, 1.54) is 18.4 Å². The second-order valence-electron chi connectivity index (χ2n) is 7.06. The molecule has 2 aliphatic heterocycles. The molecule has 23 heavy (non-hydrogen) atoms. The fourth-order valence-corrected chi connectivity index (χ4v) is 3.76. The first-order valence-corrected chi connectivity index (χ1v) is 8.81. The molecule has 2 fully saturated rings. The number of aromatic nitrogens is 2. The third kappa shape index (κ3) is 3.70. The zero-order chi connectivity index (χ0) is 15.6. The number of nitrogens with zero attached hydrogens (tertiary/aromatic N) is 4. The van der Waals surface area contributed by atoms with Crippen molar-refractivity contribution in [3.05, 3.63) is 23.8 Å². The maximum absolute atomic E-state index is 12.3. The highest BCUT2D eigenvalue weighted by Gasteiger charge is 2.32. The lowest BCUT2D eigenvalue weighted by Gasteiger charge is -2.33. The van der Waals surface area contributed by atoms with Crippen LogP contribution in [0.4, 0.5) is 0 Å². The molecule has 1 aliphatic carbocycles. The summed E-state index contributed by atoms with van der Waals surface area (Å²) in [5.74, 6) is 0.160. The first kappa shape index (κ1) is 15.0. The normalized spacial score (nSPS) is 23.5. The molecule has 0 radical (unpaired) electrons. The SMILES string of the molecule is O=C(CN1CCc2cncnc2C1)NC1CCN(C2CC2)CC1. The Kier molecular flexibility index (Phi) is 4.27. The van der Waals surface area contributed by atoms with Crippen LogP contribution in [-0.2, 0) is 17.8 Å². The second-order valence-corrected chi connectivity index (χ2v) is 7.06. The Morgan fingerprint density at radius 2 is 2.04 bits per heavy atom. The van der Waals surface area contributed by atoms with Crippen molar-refractivity contribution in [1.29, 1.82) is 0 Å². The lowest BCUT2D eigenvalue weighted by molar-refractivity contribution is -0.123. The third-order valence-electron chi connectivity index (χ3n) is 5.28. The highest BCUT2D eigenvalue weighted by molar-refractivity contribution is 5.78. The Balaban J connectivity index is 1.23.